The molecule has 11 heteroatoms. The van der Waals surface area contributed by atoms with Crippen molar-refractivity contribution in [3.63, 3.8) is 0 Å². The topological polar surface area (TPSA) is 93.8 Å². The lowest BCUT2D eigenvalue weighted by Crippen LogP contribution is -2.17. The fraction of sp³-hybridized carbons (Fsp3) is 0.0476. The molecule has 0 saturated carbocycles. The quantitative estimate of drug-likeness (QED) is 0.240. The Morgan fingerprint density at radius 2 is 1.78 bits per heavy atom. The zero-order chi connectivity index (χ0) is 23.3. The van der Waals surface area contributed by atoms with Crippen LogP contribution in [-0.4, -0.2) is 17.0 Å². The van der Waals surface area contributed by atoms with Gasteiger partial charge in [0.25, 0.3) is 5.91 Å². The Morgan fingerprint density at radius 1 is 1.03 bits per heavy atom. The molecule has 0 fully saturated rings. The van der Waals surface area contributed by atoms with Gasteiger partial charge in [-0.1, -0.05) is 18.2 Å². The predicted molar refractivity (Wildman–Crippen MR) is 106 cm³/mol. The van der Waals surface area contributed by atoms with Crippen molar-refractivity contribution in [2.24, 2.45) is 5.10 Å². The first-order valence-electron chi connectivity index (χ1n) is 8.86. The van der Waals surface area contributed by atoms with Crippen LogP contribution in [0.4, 0.5) is 23.2 Å². The molecule has 7 nitrogen and oxygen atoms in total. The molecule has 3 rings (SSSR count). The number of rotatable bonds is 6. The Morgan fingerprint density at radius 3 is 2.47 bits per heavy atom. The molecular weight excluding hydrogens is 434 g/mol. The van der Waals surface area contributed by atoms with Crippen LogP contribution >= 0.6 is 0 Å². The molecule has 1 amide bonds. The Balaban J connectivity index is 1.82. The summed E-state index contributed by atoms with van der Waals surface area (Å²) < 4.78 is 57.3. The first-order chi connectivity index (χ1) is 15.1. The van der Waals surface area contributed by atoms with E-state index in [1.165, 1.54) is 42.6 Å². The minimum atomic E-state index is -4.76. The number of nitrogens with one attached hydrogen (secondary N) is 1. The second kappa shape index (κ2) is 9.25. The molecule has 0 aliphatic carbocycles. The Hall–Kier alpha value is -4.28. The average molecular weight is 447 g/mol. The van der Waals surface area contributed by atoms with Crippen LogP contribution in [0.15, 0.2) is 71.8 Å². The minimum absolute atomic E-state index is 0.0343. The number of nitrogens with zero attached hydrogens (tertiary/aromatic N) is 2. The lowest BCUT2D eigenvalue weighted by Gasteiger charge is -2.11. The summed E-state index contributed by atoms with van der Waals surface area (Å²) in [5, 5.41) is 15.0. The van der Waals surface area contributed by atoms with E-state index in [0.29, 0.717) is 12.1 Å². The normalized spacial score (nSPS) is 11.4. The van der Waals surface area contributed by atoms with Crippen molar-refractivity contribution < 1.29 is 32.0 Å². The summed E-state index contributed by atoms with van der Waals surface area (Å²) >= 11 is 0. The van der Waals surface area contributed by atoms with Gasteiger partial charge in [0.1, 0.15) is 11.6 Å². The van der Waals surface area contributed by atoms with Crippen molar-refractivity contribution in [3.05, 3.63) is 99.4 Å². The molecule has 164 valence electrons. The minimum Gasteiger partial charge on any atom is -0.449 e. The average Bonchev–Trinajstić information content (AvgIpc) is 2.74. The number of carbonyl (C=O) groups excluding carboxylic acids is 1. The SMILES string of the molecule is O=C(N/N=C\c1ccccc1Oc1ccc(C(F)(F)F)cc1[N+](=O)[O-])c1cccc(F)c1. The Bertz CT molecular complexity index is 1200. The van der Waals surface area contributed by atoms with Gasteiger partial charge in [-0.2, -0.15) is 18.3 Å². The van der Waals surface area contributed by atoms with E-state index in [1.807, 2.05) is 0 Å². The lowest BCUT2D eigenvalue weighted by molar-refractivity contribution is -0.385. The van der Waals surface area contributed by atoms with Crippen molar-refractivity contribution in [1.82, 2.24) is 5.43 Å². The van der Waals surface area contributed by atoms with E-state index in [0.717, 1.165) is 12.1 Å². The highest BCUT2D eigenvalue weighted by Crippen LogP contribution is 2.38. The number of ether oxygens (including phenoxy) is 1. The second-order valence-electron chi connectivity index (χ2n) is 6.29. The van der Waals surface area contributed by atoms with Crippen LogP contribution in [0.25, 0.3) is 0 Å². The third-order valence-electron chi connectivity index (χ3n) is 4.08. The Labute approximate surface area is 178 Å². The molecule has 1 N–H and O–H groups in total. The van der Waals surface area contributed by atoms with Crippen molar-refractivity contribution in [2.45, 2.75) is 6.18 Å². The van der Waals surface area contributed by atoms with E-state index >= 15 is 0 Å². The molecule has 0 radical (unpaired) electrons. The number of nitro groups is 1. The number of carbonyl (C=O) groups is 1. The van der Waals surface area contributed by atoms with E-state index in [1.54, 1.807) is 6.07 Å². The van der Waals surface area contributed by atoms with Crippen molar-refractivity contribution >= 4 is 17.8 Å². The Kier molecular flexibility index (Phi) is 6.47. The first kappa shape index (κ1) is 22.4. The summed E-state index contributed by atoms with van der Waals surface area (Å²) in [6, 6.07) is 12.9. The van der Waals surface area contributed by atoms with Crippen LogP contribution < -0.4 is 10.2 Å². The summed E-state index contributed by atoms with van der Waals surface area (Å²) in [4.78, 5) is 22.3. The highest BCUT2D eigenvalue weighted by Gasteiger charge is 2.33. The number of benzene rings is 3. The van der Waals surface area contributed by atoms with Crippen LogP contribution in [0.2, 0.25) is 0 Å². The number of amides is 1. The van der Waals surface area contributed by atoms with Gasteiger partial charge >= 0.3 is 11.9 Å². The monoisotopic (exact) mass is 447 g/mol. The van der Waals surface area contributed by atoms with Gasteiger partial charge in [0.05, 0.1) is 16.7 Å². The van der Waals surface area contributed by atoms with Gasteiger partial charge < -0.3 is 4.74 Å². The number of halogens is 4. The van der Waals surface area contributed by atoms with E-state index in [9.17, 15) is 32.5 Å². The molecule has 0 saturated heterocycles. The number of alkyl halides is 3. The van der Waals surface area contributed by atoms with E-state index in [4.69, 9.17) is 4.74 Å². The maximum Gasteiger partial charge on any atom is 0.416 e. The number of hydrazone groups is 1. The molecular formula is C21H13F4N3O4. The van der Waals surface area contributed by atoms with E-state index < -0.39 is 39.8 Å². The molecule has 0 unspecified atom stereocenters. The third-order valence-corrected chi connectivity index (χ3v) is 4.08. The van der Waals surface area contributed by atoms with Gasteiger partial charge in [0, 0.05) is 17.2 Å². The van der Waals surface area contributed by atoms with Gasteiger partial charge in [0.2, 0.25) is 5.75 Å². The highest BCUT2D eigenvalue weighted by molar-refractivity contribution is 5.95. The number of nitro benzene ring substituents is 1. The molecule has 0 aromatic heterocycles. The first-order valence-corrected chi connectivity index (χ1v) is 8.86. The molecule has 0 aliphatic rings. The maximum absolute atomic E-state index is 13.2. The van der Waals surface area contributed by atoms with Gasteiger partial charge in [-0.25, -0.2) is 9.82 Å². The van der Waals surface area contributed by atoms with Gasteiger partial charge in [-0.05, 0) is 42.5 Å². The standard InChI is InChI=1S/C21H13F4N3O4/c22-16-6-3-5-13(10-16)20(29)27-26-12-14-4-1-2-7-18(14)32-19-9-8-15(21(23,24)25)11-17(19)28(30)31/h1-12H,(H,27,29)/b26-12-. The fourth-order valence-electron chi connectivity index (χ4n) is 2.58. The smallest absolute Gasteiger partial charge is 0.416 e. The molecule has 32 heavy (non-hydrogen) atoms. The molecule has 0 spiro atoms. The van der Waals surface area contributed by atoms with E-state index in [-0.39, 0.29) is 16.9 Å². The zero-order valence-corrected chi connectivity index (χ0v) is 16.0. The van der Waals surface area contributed by atoms with Gasteiger partial charge in [-0.15, -0.1) is 0 Å². The maximum atomic E-state index is 13.2. The number of hydrogen-bond donors (Lipinski definition) is 1. The van der Waals surface area contributed by atoms with Gasteiger partial charge in [0.15, 0.2) is 0 Å². The van der Waals surface area contributed by atoms with Crippen LogP contribution in [0, 0.1) is 15.9 Å². The predicted octanol–water partition coefficient (Wildman–Crippen LogP) is 5.31. The molecule has 0 aliphatic heterocycles. The van der Waals surface area contributed by atoms with Crippen molar-refractivity contribution in [3.8, 4) is 11.5 Å². The van der Waals surface area contributed by atoms with Crippen molar-refractivity contribution in [2.75, 3.05) is 0 Å². The lowest BCUT2D eigenvalue weighted by atomic mass is 10.1. The van der Waals surface area contributed by atoms with Crippen LogP contribution in [-0.2, 0) is 6.18 Å². The summed E-state index contributed by atoms with van der Waals surface area (Å²) in [6.45, 7) is 0. The third kappa shape index (κ3) is 5.45. The van der Waals surface area contributed by atoms with Crippen molar-refractivity contribution in [1.29, 1.82) is 0 Å². The van der Waals surface area contributed by atoms with Crippen LogP contribution in [0.3, 0.4) is 0 Å². The highest BCUT2D eigenvalue weighted by atomic mass is 19.4. The summed E-state index contributed by atoms with van der Waals surface area (Å²) in [7, 11) is 0. The summed E-state index contributed by atoms with van der Waals surface area (Å²) in [6.07, 6.45) is -3.59. The molecule has 3 aromatic rings. The summed E-state index contributed by atoms with van der Waals surface area (Å²) in [5.41, 5.74) is 0.436. The molecule has 3 aromatic carbocycles. The van der Waals surface area contributed by atoms with Gasteiger partial charge in [-0.3, -0.25) is 14.9 Å². The zero-order valence-electron chi connectivity index (χ0n) is 16.0. The molecule has 0 heterocycles. The van der Waals surface area contributed by atoms with E-state index in [2.05, 4.69) is 10.5 Å². The molecule has 0 bridgehead atoms. The number of hydrogen-bond acceptors (Lipinski definition) is 5. The number of para-hydroxylation sites is 1. The second-order valence-corrected chi connectivity index (χ2v) is 6.29. The molecule has 0 atom stereocenters. The van der Waals surface area contributed by atoms with Crippen LogP contribution in [0.1, 0.15) is 21.5 Å². The fourth-order valence-corrected chi connectivity index (χ4v) is 2.58. The summed E-state index contributed by atoms with van der Waals surface area (Å²) in [5.74, 6) is -1.65. The largest absolute Gasteiger partial charge is 0.449 e. The van der Waals surface area contributed by atoms with Crippen LogP contribution in [0.5, 0.6) is 11.5 Å².